The van der Waals surface area contributed by atoms with E-state index in [1.165, 1.54) is 5.56 Å². The molecule has 1 aliphatic rings. The number of fused-ring (bicyclic) bond motifs is 1. The van der Waals surface area contributed by atoms with Crippen molar-refractivity contribution in [3.05, 3.63) is 23.8 Å². The van der Waals surface area contributed by atoms with Crippen LogP contribution in [0.1, 0.15) is 24.4 Å². The Labute approximate surface area is 100 Å². The summed E-state index contributed by atoms with van der Waals surface area (Å²) in [7, 11) is 0. The Bertz CT molecular complexity index is 541. The number of nitrogen functional groups attached to an aromatic ring is 1. The summed E-state index contributed by atoms with van der Waals surface area (Å²) < 4.78 is 7.57. The molecule has 0 radical (unpaired) electrons. The highest BCUT2D eigenvalue weighted by atomic mass is 16.5. The van der Waals surface area contributed by atoms with Gasteiger partial charge in [-0.25, -0.2) is 4.98 Å². The second kappa shape index (κ2) is 4.04. The Morgan fingerprint density at radius 3 is 2.88 bits per heavy atom. The van der Waals surface area contributed by atoms with Gasteiger partial charge in [-0.3, -0.25) is 0 Å². The van der Waals surface area contributed by atoms with Crippen molar-refractivity contribution in [1.29, 1.82) is 0 Å². The van der Waals surface area contributed by atoms with Crippen LogP contribution in [0.25, 0.3) is 11.0 Å². The Kier molecular flexibility index (Phi) is 2.52. The van der Waals surface area contributed by atoms with Gasteiger partial charge in [0.2, 0.25) is 5.95 Å². The molecule has 2 heterocycles. The molecule has 1 aromatic carbocycles. The fraction of sp³-hybridized carbons (Fsp3) is 0.462. The van der Waals surface area contributed by atoms with Gasteiger partial charge in [-0.05, 0) is 31.4 Å². The fourth-order valence-corrected chi connectivity index (χ4v) is 2.60. The number of aryl methyl sites for hydroxylation is 1. The summed E-state index contributed by atoms with van der Waals surface area (Å²) in [5.74, 6) is 0.626. The molecule has 0 atom stereocenters. The zero-order valence-corrected chi connectivity index (χ0v) is 10.0. The molecule has 0 unspecified atom stereocenters. The molecule has 1 aliphatic heterocycles. The van der Waals surface area contributed by atoms with E-state index < -0.39 is 0 Å². The molecular formula is C13H17N3O. The van der Waals surface area contributed by atoms with Crippen LogP contribution in [0.4, 0.5) is 5.95 Å². The third-order valence-electron chi connectivity index (χ3n) is 3.51. The van der Waals surface area contributed by atoms with Gasteiger partial charge in [0.25, 0.3) is 0 Å². The average Bonchev–Trinajstić information content (AvgIpc) is 2.68. The average molecular weight is 231 g/mol. The van der Waals surface area contributed by atoms with Crippen LogP contribution < -0.4 is 5.73 Å². The van der Waals surface area contributed by atoms with Gasteiger partial charge in [0.15, 0.2) is 0 Å². The Morgan fingerprint density at radius 2 is 2.12 bits per heavy atom. The highest BCUT2D eigenvalue weighted by molar-refractivity contribution is 5.81. The summed E-state index contributed by atoms with van der Waals surface area (Å²) in [5, 5.41) is 0. The maximum Gasteiger partial charge on any atom is 0.201 e. The zero-order valence-electron chi connectivity index (χ0n) is 10.0. The molecule has 4 heteroatoms. The second-order valence-electron chi connectivity index (χ2n) is 4.63. The number of para-hydroxylation sites is 1. The predicted molar refractivity (Wildman–Crippen MR) is 68.0 cm³/mol. The molecule has 0 amide bonds. The van der Waals surface area contributed by atoms with Gasteiger partial charge < -0.3 is 15.0 Å². The summed E-state index contributed by atoms with van der Waals surface area (Å²) in [4.78, 5) is 4.49. The van der Waals surface area contributed by atoms with Gasteiger partial charge in [-0.1, -0.05) is 12.1 Å². The first kappa shape index (κ1) is 10.6. The van der Waals surface area contributed by atoms with Gasteiger partial charge >= 0.3 is 0 Å². The topological polar surface area (TPSA) is 53.1 Å². The van der Waals surface area contributed by atoms with Crippen LogP contribution in [-0.4, -0.2) is 22.8 Å². The SMILES string of the molecule is Cc1cccc2c1nc(N)n2C1CCOCC1. The van der Waals surface area contributed by atoms with Crippen LogP contribution in [0, 0.1) is 6.92 Å². The summed E-state index contributed by atoms with van der Waals surface area (Å²) in [6.07, 6.45) is 2.03. The molecule has 90 valence electrons. The van der Waals surface area contributed by atoms with Crippen LogP contribution >= 0.6 is 0 Å². The molecule has 1 aromatic heterocycles. The largest absolute Gasteiger partial charge is 0.381 e. The monoisotopic (exact) mass is 231 g/mol. The van der Waals surface area contributed by atoms with E-state index in [0.717, 1.165) is 37.1 Å². The molecule has 0 bridgehead atoms. The number of benzene rings is 1. The molecule has 1 saturated heterocycles. The van der Waals surface area contributed by atoms with Crippen molar-refractivity contribution in [2.45, 2.75) is 25.8 Å². The van der Waals surface area contributed by atoms with E-state index in [1.807, 2.05) is 0 Å². The van der Waals surface area contributed by atoms with E-state index in [1.54, 1.807) is 0 Å². The molecule has 4 nitrogen and oxygen atoms in total. The lowest BCUT2D eigenvalue weighted by atomic mass is 10.1. The van der Waals surface area contributed by atoms with Gasteiger partial charge in [-0.2, -0.15) is 0 Å². The van der Waals surface area contributed by atoms with Crippen LogP contribution in [0.5, 0.6) is 0 Å². The highest BCUT2D eigenvalue weighted by Gasteiger charge is 2.20. The minimum Gasteiger partial charge on any atom is -0.381 e. The Hall–Kier alpha value is -1.55. The lowest BCUT2D eigenvalue weighted by Gasteiger charge is -2.24. The van der Waals surface area contributed by atoms with Gasteiger partial charge in [-0.15, -0.1) is 0 Å². The van der Waals surface area contributed by atoms with E-state index >= 15 is 0 Å². The molecular weight excluding hydrogens is 214 g/mol. The lowest BCUT2D eigenvalue weighted by Crippen LogP contribution is -2.20. The molecule has 17 heavy (non-hydrogen) atoms. The minimum atomic E-state index is 0.426. The number of hydrogen-bond donors (Lipinski definition) is 1. The third kappa shape index (κ3) is 1.69. The highest BCUT2D eigenvalue weighted by Crippen LogP contribution is 2.30. The number of nitrogens with two attached hydrogens (primary N) is 1. The Balaban J connectivity index is 2.14. The first-order chi connectivity index (χ1) is 8.27. The number of nitrogens with zero attached hydrogens (tertiary/aromatic N) is 2. The summed E-state index contributed by atoms with van der Waals surface area (Å²) in [6.45, 7) is 3.70. The van der Waals surface area contributed by atoms with Gasteiger partial charge in [0, 0.05) is 19.3 Å². The Morgan fingerprint density at radius 1 is 1.35 bits per heavy atom. The molecule has 0 saturated carbocycles. The number of hydrogen-bond acceptors (Lipinski definition) is 3. The van der Waals surface area contributed by atoms with E-state index in [4.69, 9.17) is 10.5 Å². The van der Waals surface area contributed by atoms with Crippen molar-refractivity contribution >= 4 is 17.0 Å². The minimum absolute atomic E-state index is 0.426. The molecule has 3 rings (SSSR count). The van der Waals surface area contributed by atoms with E-state index in [9.17, 15) is 0 Å². The zero-order chi connectivity index (χ0) is 11.8. The summed E-state index contributed by atoms with van der Waals surface area (Å²) >= 11 is 0. The fourth-order valence-electron chi connectivity index (χ4n) is 2.60. The van der Waals surface area contributed by atoms with Gasteiger partial charge in [0.1, 0.15) is 0 Å². The molecule has 2 aromatic rings. The van der Waals surface area contributed by atoms with Crippen molar-refractivity contribution in [3.8, 4) is 0 Å². The van der Waals surface area contributed by atoms with Crippen LogP contribution in [0.2, 0.25) is 0 Å². The number of rotatable bonds is 1. The normalized spacial score (nSPS) is 17.7. The predicted octanol–water partition coefficient (Wildman–Crippen LogP) is 2.28. The summed E-state index contributed by atoms with van der Waals surface area (Å²) in [5.41, 5.74) is 9.42. The lowest BCUT2D eigenvalue weighted by molar-refractivity contribution is 0.0711. The van der Waals surface area contributed by atoms with Crippen molar-refractivity contribution < 1.29 is 4.74 Å². The van der Waals surface area contributed by atoms with Crippen molar-refractivity contribution in [1.82, 2.24) is 9.55 Å². The number of ether oxygens (including phenoxy) is 1. The van der Waals surface area contributed by atoms with Crippen LogP contribution in [0.15, 0.2) is 18.2 Å². The molecule has 2 N–H and O–H groups in total. The molecule has 1 fully saturated rings. The first-order valence-corrected chi connectivity index (χ1v) is 6.08. The third-order valence-corrected chi connectivity index (χ3v) is 3.51. The van der Waals surface area contributed by atoms with Crippen LogP contribution in [0.3, 0.4) is 0 Å². The standard InChI is InChI=1S/C13H17N3O/c1-9-3-2-4-11-12(9)15-13(14)16(11)10-5-7-17-8-6-10/h2-4,10H,5-8H2,1H3,(H2,14,15). The second-order valence-corrected chi connectivity index (χ2v) is 4.63. The van der Waals surface area contributed by atoms with E-state index in [2.05, 4.69) is 34.7 Å². The summed E-state index contributed by atoms with van der Waals surface area (Å²) in [6, 6.07) is 6.66. The van der Waals surface area contributed by atoms with Gasteiger partial charge in [0.05, 0.1) is 11.0 Å². The maximum absolute atomic E-state index is 6.06. The smallest absolute Gasteiger partial charge is 0.201 e. The van der Waals surface area contributed by atoms with Crippen molar-refractivity contribution in [2.75, 3.05) is 18.9 Å². The number of anilines is 1. The quantitative estimate of drug-likeness (QED) is 0.819. The number of aromatic nitrogens is 2. The molecule has 0 spiro atoms. The maximum atomic E-state index is 6.06. The van der Waals surface area contributed by atoms with Crippen LogP contribution in [-0.2, 0) is 4.74 Å². The van der Waals surface area contributed by atoms with E-state index in [0.29, 0.717) is 12.0 Å². The number of imidazole rings is 1. The van der Waals surface area contributed by atoms with E-state index in [-0.39, 0.29) is 0 Å². The van der Waals surface area contributed by atoms with Crippen molar-refractivity contribution in [2.24, 2.45) is 0 Å². The molecule has 0 aliphatic carbocycles. The van der Waals surface area contributed by atoms with Crippen molar-refractivity contribution in [3.63, 3.8) is 0 Å². The first-order valence-electron chi connectivity index (χ1n) is 6.08.